The molecule has 0 radical (unpaired) electrons. The van der Waals surface area contributed by atoms with Gasteiger partial charge >= 0.3 is 5.97 Å². The van der Waals surface area contributed by atoms with E-state index in [0.717, 1.165) is 0 Å². The van der Waals surface area contributed by atoms with Gasteiger partial charge in [-0.25, -0.2) is 4.79 Å². The molecule has 1 rings (SSSR count). The fourth-order valence-corrected chi connectivity index (χ4v) is 0.450. The van der Waals surface area contributed by atoms with Crippen molar-refractivity contribution >= 4 is 17.9 Å². The molecule has 0 aromatic heterocycles. The fourth-order valence-electron chi connectivity index (χ4n) is 0.450. The number of aliphatic carboxylic acids is 1. The van der Waals surface area contributed by atoms with Gasteiger partial charge in [-0.2, -0.15) is 15.7 Å². The Balaban J connectivity index is 2.78. The van der Waals surface area contributed by atoms with Gasteiger partial charge < -0.3 is 5.11 Å². The lowest BCUT2D eigenvalue weighted by molar-refractivity contribution is -0.129. The van der Waals surface area contributed by atoms with Gasteiger partial charge in [0.25, 0.3) is 0 Å². The van der Waals surface area contributed by atoms with Crippen LogP contribution in [0.1, 0.15) is 0 Å². The van der Waals surface area contributed by atoms with Crippen LogP contribution in [0.5, 0.6) is 0 Å². The number of rotatable bonds is 1. The first-order valence-electron chi connectivity index (χ1n) is 2.56. The molecule has 0 atom stereocenters. The molecule has 10 heavy (non-hydrogen) atoms. The van der Waals surface area contributed by atoms with Gasteiger partial charge in [0, 0.05) is 6.21 Å². The van der Waals surface area contributed by atoms with E-state index in [1.165, 1.54) is 18.4 Å². The highest BCUT2D eigenvalue weighted by molar-refractivity contribution is 6.40. The summed E-state index contributed by atoms with van der Waals surface area (Å²) in [5, 5.41) is 15.3. The van der Waals surface area contributed by atoms with Gasteiger partial charge in [0.05, 0.1) is 0 Å². The Morgan fingerprint density at radius 1 is 1.70 bits per heavy atom. The molecular weight excluding hydrogens is 134 g/mol. The molecule has 0 unspecified atom stereocenters. The van der Waals surface area contributed by atoms with Gasteiger partial charge in [-0.05, 0) is 12.2 Å². The van der Waals surface area contributed by atoms with E-state index in [4.69, 9.17) is 5.11 Å². The normalized spacial score (nSPS) is 15.4. The van der Waals surface area contributed by atoms with E-state index in [0.29, 0.717) is 0 Å². The molecule has 52 valence electrons. The second-order valence-corrected chi connectivity index (χ2v) is 1.54. The van der Waals surface area contributed by atoms with Crippen LogP contribution >= 0.6 is 0 Å². The quantitative estimate of drug-likeness (QED) is 0.517. The van der Waals surface area contributed by atoms with Crippen molar-refractivity contribution in [2.45, 2.75) is 0 Å². The summed E-state index contributed by atoms with van der Waals surface area (Å²) in [5.74, 6) is -1.07. The Hall–Kier alpha value is -1.65. The third kappa shape index (κ3) is 1.41. The summed E-state index contributed by atoms with van der Waals surface area (Å²) in [6, 6.07) is 0. The van der Waals surface area contributed by atoms with Crippen molar-refractivity contribution in [3.05, 3.63) is 12.2 Å². The third-order valence-electron chi connectivity index (χ3n) is 0.862. The summed E-state index contributed by atoms with van der Waals surface area (Å²) >= 11 is 0. The molecule has 0 spiro atoms. The van der Waals surface area contributed by atoms with E-state index in [1.54, 1.807) is 0 Å². The Morgan fingerprint density at radius 2 is 2.50 bits per heavy atom. The van der Waals surface area contributed by atoms with Crippen molar-refractivity contribution < 1.29 is 9.90 Å². The summed E-state index contributed by atoms with van der Waals surface area (Å²) in [7, 11) is 0. The number of nitrogens with one attached hydrogen (secondary N) is 1. The Bertz CT molecular complexity index is 229. The van der Waals surface area contributed by atoms with E-state index in [2.05, 4.69) is 15.7 Å². The van der Waals surface area contributed by atoms with E-state index in [1.807, 2.05) is 0 Å². The van der Waals surface area contributed by atoms with Crippen molar-refractivity contribution in [2.75, 3.05) is 0 Å². The Kier molecular flexibility index (Phi) is 1.79. The van der Waals surface area contributed by atoms with E-state index in [9.17, 15) is 4.79 Å². The summed E-state index contributed by atoms with van der Waals surface area (Å²) < 4.78 is 0. The lowest BCUT2D eigenvalue weighted by Crippen LogP contribution is -2.12. The molecule has 0 saturated heterocycles. The lowest BCUT2D eigenvalue weighted by Gasteiger charge is -1.88. The first-order valence-corrected chi connectivity index (χ1v) is 2.56. The maximum atomic E-state index is 10.2. The van der Waals surface area contributed by atoms with Crippen LogP contribution in [-0.4, -0.2) is 23.0 Å². The van der Waals surface area contributed by atoms with Crippen molar-refractivity contribution in [1.29, 1.82) is 0 Å². The smallest absolute Gasteiger partial charge is 0.356 e. The molecule has 1 aliphatic heterocycles. The zero-order valence-corrected chi connectivity index (χ0v) is 4.98. The summed E-state index contributed by atoms with van der Waals surface area (Å²) in [6.07, 6.45) is 4.26. The molecule has 0 fully saturated rings. The first kappa shape index (κ1) is 6.47. The number of carboxylic acids is 1. The summed E-state index contributed by atoms with van der Waals surface area (Å²) in [6.45, 7) is 0. The fraction of sp³-hybridized carbons (Fsp3) is 0. The van der Waals surface area contributed by atoms with E-state index >= 15 is 0 Å². The van der Waals surface area contributed by atoms with Crippen LogP contribution in [0.2, 0.25) is 0 Å². The zero-order chi connectivity index (χ0) is 7.40. The Morgan fingerprint density at radius 3 is 3.20 bits per heavy atom. The number of hydrogen-bond donors (Lipinski definition) is 2. The van der Waals surface area contributed by atoms with Gasteiger partial charge in [-0.15, -0.1) is 0 Å². The Labute approximate surface area is 56.7 Å². The van der Waals surface area contributed by atoms with Crippen LogP contribution in [0.3, 0.4) is 0 Å². The summed E-state index contributed by atoms with van der Waals surface area (Å²) in [4.78, 5) is 10.2. The number of hydrazone groups is 2. The minimum absolute atomic E-state index is 0.0579. The molecule has 1 heterocycles. The minimum atomic E-state index is -1.07. The van der Waals surface area contributed by atoms with Gasteiger partial charge in [0.1, 0.15) is 0 Å². The second kappa shape index (κ2) is 2.77. The van der Waals surface area contributed by atoms with Crippen molar-refractivity contribution in [3.63, 3.8) is 0 Å². The van der Waals surface area contributed by atoms with Crippen LogP contribution in [0, 0.1) is 0 Å². The molecule has 0 aromatic rings. The van der Waals surface area contributed by atoms with E-state index < -0.39 is 5.97 Å². The zero-order valence-electron chi connectivity index (χ0n) is 4.98. The lowest BCUT2D eigenvalue weighted by atomic mass is 10.3. The number of allylic oxidation sites excluding steroid dienone is 1. The molecule has 2 N–H and O–H groups in total. The standard InChI is InChI=1S/C5H5N3O2/c9-5(10)4-2-1-3-6-8-7-4/h1-3,8H,(H,9,10). The van der Waals surface area contributed by atoms with Crippen LogP contribution in [-0.2, 0) is 4.79 Å². The molecule has 5 heteroatoms. The third-order valence-corrected chi connectivity index (χ3v) is 0.862. The number of nitrogens with zero attached hydrogens (tertiary/aromatic N) is 2. The van der Waals surface area contributed by atoms with Gasteiger partial charge in [-0.3, -0.25) is 0 Å². The van der Waals surface area contributed by atoms with Gasteiger partial charge in [0.15, 0.2) is 5.71 Å². The molecular formula is C5H5N3O2. The van der Waals surface area contributed by atoms with Crippen LogP contribution in [0.4, 0.5) is 0 Å². The highest BCUT2D eigenvalue weighted by atomic mass is 16.4. The van der Waals surface area contributed by atoms with Crippen molar-refractivity contribution in [1.82, 2.24) is 5.53 Å². The van der Waals surface area contributed by atoms with Crippen molar-refractivity contribution in [3.8, 4) is 0 Å². The maximum Gasteiger partial charge on any atom is 0.356 e. The predicted molar refractivity (Wildman–Crippen MR) is 35.8 cm³/mol. The topological polar surface area (TPSA) is 74.0 Å². The molecule has 0 bridgehead atoms. The van der Waals surface area contributed by atoms with Crippen molar-refractivity contribution in [2.24, 2.45) is 10.2 Å². The SMILES string of the molecule is O=C(O)C1=NNN=CC=C1. The number of hydrogen-bond acceptors (Lipinski definition) is 4. The second-order valence-electron chi connectivity index (χ2n) is 1.54. The maximum absolute atomic E-state index is 10.2. The molecule has 0 aromatic carbocycles. The minimum Gasteiger partial charge on any atom is -0.476 e. The van der Waals surface area contributed by atoms with Gasteiger partial charge in [-0.1, -0.05) is 0 Å². The highest BCUT2D eigenvalue weighted by Crippen LogP contribution is 1.83. The van der Waals surface area contributed by atoms with E-state index in [-0.39, 0.29) is 5.71 Å². The predicted octanol–water partition coefficient (Wildman–Crippen LogP) is -0.428. The van der Waals surface area contributed by atoms with Crippen LogP contribution < -0.4 is 5.53 Å². The van der Waals surface area contributed by atoms with Gasteiger partial charge in [0.2, 0.25) is 0 Å². The largest absolute Gasteiger partial charge is 0.476 e. The molecule has 1 aliphatic rings. The average molecular weight is 139 g/mol. The number of carbonyl (C=O) groups is 1. The monoisotopic (exact) mass is 139 g/mol. The average Bonchev–Trinajstić information content (AvgIpc) is 2.12. The first-order chi connectivity index (χ1) is 4.80. The van der Waals surface area contributed by atoms with Crippen LogP contribution in [0.25, 0.3) is 0 Å². The molecule has 0 aliphatic carbocycles. The van der Waals surface area contributed by atoms with Crippen LogP contribution in [0.15, 0.2) is 22.4 Å². The summed E-state index contributed by atoms with van der Waals surface area (Å²) in [5.41, 5.74) is 2.13. The highest BCUT2D eigenvalue weighted by Gasteiger charge is 2.04. The number of carboxylic acid groups (broad SMARTS) is 1. The molecule has 5 nitrogen and oxygen atoms in total. The molecule has 0 amide bonds. The molecule has 0 saturated carbocycles.